The van der Waals surface area contributed by atoms with Crippen molar-refractivity contribution in [2.45, 2.75) is 13.0 Å². The van der Waals surface area contributed by atoms with Gasteiger partial charge in [0.2, 0.25) is 0 Å². The van der Waals surface area contributed by atoms with E-state index in [1.54, 1.807) is 22.6 Å². The highest BCUT2D eigenvalue weighted by Crippen LogP contribution is 2.32. The van der Waals surface area contributed by atoms with E-state index in [1.807, 2.05) is 0 Å². The molecule has 3 nitrogen and oxygen atoms in total. The molecule has 0 spiro atoms. The van der Waals surface area contributed by atoms with Gasteiger partial charge in [0.1, 0.15) is 0 Å². The molecule has 14 heavy (non-hydrogen) atoms. The lowest BCUT2D eigenvalue weighted by atomic mass is 10.2. The third-order valence-electron chi connectivity index (χ3n) is 1.73. The van der Waals surface area contributed by atoms with Crippen molar-refractivity contribution in [2.24, 2.45) is 5.73 Å². The Balaban J connectivity index is 3.31. The van der Waals surface area contributed by atoms with Gasteiger partial charge in [-0.2, -0.15) is 0 Å². The van der Waals surface area contributed by atoms with E-state index in [0.29, 0.717) is 9.32 Å². The number of methoxy groups -OCH3 is 1. The molecule has 78 valence electrons. The van der Waals surface area contributed by atoms with Gasteiger partial charge in [-0.05, 0) is 22.6 Å². The summed E-state index contributed by atoms with van der Waals surface area (Å²) in [7, 11) is 1.41. The normalized spacial score (nSPS) is 10.7. The minimum Gasteiger partial charge on any atom is -0.494 e. The van der Waals surface area contributed by atoms with E-state index in [0.717, 1.165) is 0 Å². The van der Waals surface area contributed by atoms with Crippen LogP contribution in [0.1, 0.15) is 17.7 Å². The Morgan fingerprint density at radius 1 is 1.64 bits per heavy atom. The number of pyridine rings is 1. The first-order valence-corrected chi connectivity index (χ1v) is 4.89. The molecule has 1 aromatic heterocycles. The average Bonchev–Trinajstić information content (AvgIpc) is 2.16. The third-order valence-corrected chi connectivity index (χ3v) is 2.85. The second-order valence-corrected chi connectivity index (χ2v) is 3.58. The van der Waals surface area contributed by atoms with Gasteiger partial charge in [0, 0.05) is 6.54 Å². The van der Waals surface area contributed by atoms with Gasteiger partial charge in [0.25, 0.3) is 6.43 Å². The van der Waals surface area contributed by atoms with Gasteiger partial charge in [-0.25, -0.2) is 8.78 Å². The van der Waals surface area contributed by atoms with Crippen molar-refractivity contribution in [3.8, 4) is 5.75 Å². The third kappa shape index (κ3) is 2.11. The fourth-order valence-corrected chi connectivity index (χ4v) is 1.96. The molecule has 0 bridgehead atoms. The summed E-state index contributed by atoms with van der Waals surface area (Å²) in [6.45, 7) is -0.000328. The Bertz CT molecular complexity index is 333. The highest BCUT2D eigenvalue weighted by atomic mass is 127. The lowest BCUT2D eigenvalue weighted by molar-refractivity contribution is 0.148. The quantitative estimate of drug-likeness (QED) is 0.869. The summed E-state index contributed by atoms with van der Waals surface area (Å²) >= 11 is 1.80. The summed E-state index contributed by atoms with van der Waals surface area (Å²) in [4.78, 5) is 3.82. The number of alkyl halides is 2. The van der Waals surface area contributed by atoms with Crippen LogP contribution in [0.15, 0.2) is 6.20 Å². The number of halogens is 3. The Morgan fingerprint density at radius 3 is 2.71 bits per heavy atom. The maximum absolute atomic E-state index is 12.6. The SMILES string of the molecule is COc1cnc(CN)c(C(F)F)c1I. The lowest BCUT2D eigenvalue weighted by Crippen LogP contribution is -2.08. The number of rotatable bonds is 3. The summed E-state index contributed by atoms with van der Waals surface area (Å²) in [5.41, 5.74) is 5.39. The van der Waals surface area contributed by atoms with Crippen LogP contribution in [0.3, 0.4) is 0 Å². The number of aromatic nitrogens is 1. The molecular weight excluding hydrogens is 305 g/mol. The maximum Gasteiger partial charge on any atom is 0.266 e. The molecule has 1 heterocycles. The van der Waals surface area contributed by atoms with Gasteiger partial charge < -0.3 is 10.5 Å². The molecule has 0 amide bonds. The van der Waals surface area contributed by atoms with E-state index in [-0.39, 0.29) is 17.8 Å². The highest BCUT2D eigenvalue weighted by Gasteiger charge is 2.20. The monoisotopic (exact) mass is 314 g/mol. The van der Waals surface area contributed by atoms with E-state index in [2.05, 4.69) is 4.98 Å². The van der Waals surface area contributed by atoms with Crippen molar-refractivity contribution in [1.29, 1.82) is 0 Å². The van der Waals surface area contributed by atoms with Crippen LogP contribution in [-0.4, -0.2) is 12.1 Å². The van der Waals surface area contributed by atoms with Crippen molar-refractivity contribution in [2.75, 3.05) is 7.11 Å². The molecule has 0 aliphatic rings. The topological polar surface area (TPSA) is 48.1 Å². The van der Waals surface area contributed by atoms with Crippen LogP contribution in [0.2, 0.25) is 0 Å². The fourth-order valence-electron chi connectivity index (χ4n) is 1.05. The number of nitrogens with zero attached hydrogens (tertiary/aromatic N) is 1. The Labute approximate surface area is 93.8 Å². The van der Waals surface area contributed by atoms with Gasteiger partial charge in [-0.1, -0.05) is 0 Å². The largest absolute Gasteiger partial charge is 0.494 e. The van der Waals surface area contributed by atoms with Crippen molar-refractivity contribution in [1.82, 2.24) is 4.98 Å². The van der Waals surface area contributed by atoms with E-state index in [9.17, 15) is 8.78 Å². The standard InChI is InChI=1S/C8H9F2IN2O/c1-14-5-3-13-4(2-12)6(7(5)11)8(9)10/h3,8H,2,12H2,1H3. The zero-order valence-electron chi connectivity index (χ0n) is 7.43. The van der Waals surface area contributed by atoms with Crippen LogP contribution < -0.4 is 10.5 Å². The van der Waals surface area contributed by atoms with Gasteiger partial charge in [0.05, 0.1) is 28.1 Å². The fraction of sp³-hybridized carbons (Fsp3) is 0.375. The number of hydrogen-bond acceptors (Lipinski definition) is 3. The van der Waals surface area contributed by atoms with Crippen LogP contribution in [0.4, 0.5) is 8.78 Å². The van der Waals surface area contributed by atoms with Crippen LogP contribution in [0.25, 0.3) is 0 Å². The summed E-state index contributed by atoms with van der Waals surface area (Å²) < 4.78 is 30.5. The molecule has 2 N–H and O–H groups in total. The smallest absolute Gasteiger partial charge is 0.266 e. The van der Waals surface area contributed by atoms with Gasteiger partial charge in [0.15, 0.2) is 5.75 Å². The summed E-state index contributed by atoms with van der Waals surface area (Å²) in [6.07, 6.45) is -1.18. The zero-order chi connectivity index (χ0) is 10.7. The predicted octanol–water partition coefficient (Wildman–Crippen LogP) is 2.09. The summed E-state index contributed by atoms with van der Waals surface area (Å²) in [5, 5.41) is 0. The van der Waals surface area contributed by atoms with Crippen molar-refractivity contribution < 1.29 is 13.5 Å². The molecule has 0 atom stereocenters. The Hall–Kier alpha value is -0.500. The molecule has 0 unspecified atom stereocenters. The lowest BCUT2D eigenvalue weighted by Gasteiger charge is -2.11. The van der Waals surface area contributed by atoms with E-state index >= 15 is 0 Å². The first-order valence-electron chi connectivity index (χ1n) is 3.81. The minimum absolute atomic E-state index is 0.000328. The maximum atomic E-state index is 12.6. The average molecular weight is 314 g/mol. The minimum atomic E-state index is -2.58. The molecule has 1 aromatic rings. The number of hydrogen-bond donors (Lipinski definition) is 1. The molecule has 0 fully saturated rings. The Morgan fingerprint density at radius 2 is 2.29 bits per heavy atom. The molecular formula is C8H9F2IN2O. The van der Waals surface area contributed by atoms with Crippen molar-refractivity contribution in [3.05, 3.63) is 21.0 Å². The zero-order valence-corrected chi connectivity index (χ0v) is 9.59. The van der Waals surface area contributed by atoms with Gasteiger partial charge in [-0.15, -0.1) is 0 Å². The predicted molar refractivity (Wildman–Crippen MR) is 56.4 cm³/mol. The molecule has 6 heteroatoms. The molecule has 0 saturated heterocycles. The summed E-state index contributed by atoms with van der Waals surface area (Å²) in [5.74, 6) is 0.345. The van der Waals surface area contributed by atoms with Crippen LogP contribution in [-0.2, 0) is 6.54 Å². The first-order chi connectivity index (χ1) is 6.61. The molecule has 0 radical (unpaired) electrons. The molecule has 0 saturated carbocycles. The van der Waals surface area contributed by atoms with Gasteiger partial charge >= 0.3 is 0 Å². The van der Waals surface area contributed by atoms with Crippen molar-refractivity contribution >= 4 is 22.6 Å². The van der Waals surface area contributed by atoms with Crippen LogP contribution in [0, 0.1) is 3.57 Å². The highest BCUT2D eigenvalue weighted by molar-refractivity contribution is 14.1. The summed E-state index contributed by atoms with van der Waals surface area (Å²) in [6, 6.07) is 0. The van der Waals surface area contributed by atoms with Crippen LogP contribution in [0.5, 0.6) is 5.75 Å². The number of nitrogens with two attached hydrogens (primary N) is 1. The van der Waals surface area contributed by atoms with Gasteiger partial charge in [-0.3, -0.25) is 4.98 Å². The molecule has 0 aliphatic heterocycles. The number of ether oxygens (including phenoxy) is 1. The Kier molecular flexibility index (Phi) is 3.99. The second-order valence-electron chi connectivity index (χ2n) is 2.51. The van der Waals surface area contributed by atoms with Crippen molar-refractivity contribution in [3.63, 3.8) is 0 Å². The van der Waals surface area contributed by atoms with Crippen LogP contribution >= 0.6 is 22.6 Å². The van der Waals surface area contributed by atoms with E-state index in [1.165, 1.54) is 13.3 Å². The van der Waals surface area contributed by atoms with E-state index in [4.69, 9.17) is 10.5 Å². The van der Waals surface area contributed by atoms with E-state index < -0.39 is 6.43 Å². The molecule has 1 rings (SSSR count). The molecule has 0 aliphatic carbocycles. The second kappa shape index (κ2) is 4.83. The first kappa shape index (κ1) is 11.6. The molecule has 0 aromatic carbocycles.